The number of halogens is 3. The van der Waals surface area contributed by atoms with E-state index in [-0.39, 0.29) is 18.4 Å². The molecule has 0 atom stereocenters. The molecule has 2 aromatic carbocycles. The van der Waals surface area contributed by atoms with Crippen LogP contribution in [0.3, 0.4) is 0 Å². The minimum atomic E-state index is -4.43. The van der Waals surface area contributed by atoms with Crippen molar-refractivity contribution in [1.82, 2.24) is 9.88 Å². The largest absolute Gasteiger partial charge is 0.489 e. The van der Waals surface area contributed by atoms with Crippen molar-refractivity contribution < 1.29 is 22.7 Å². The minimum Gasteiger partial charge on any atom is -0.489 e. The van der Waals surface area contributed by atoms with E-state index in [0.717, 1.165) is 12.1 Å². The first-order valence-electron chi connectivity index (χ1n) is 10.0. The topological polar surface area (TPSA) is 43.3 Å². The summed E-state index contributed by atoms with van der Waals surface area (Å²) in [6.45, 7) is 8.52. The maximum absolute atomic E-state index is 13.2. The Morgan fingerprint density at radius 3 is 2.61 bits per heavy atom. The Bertz CT molecular complexity index is 1080. The summed E-state index contributed by atoms with van der Waals surface area (Å²) in [6, 6.07) is 12.3. The molecule has 0 aliphatic rings. The molecular weight excluding hydrogens is 405 g/mol. The van der Waals surface area contributed by atoms with Gasteiger partial charge in [-0.05, 0) is 41.8 Å². The zero-order valence-electron chi connectivity index (χ0n) is 17.5. The van der Waals surface area contributed by atoms with Gasteiger partial charge in [-0.25, -0.2) is 0 Å². The van der Waals surface area contributed by atoms with E-state index in [1.54, 1.807) is 34.9 Å². The van der Waals surface area contributed by atoms with Crippen molar-refractivity contribution in [2.75, 3.05) is 13.2 Å². The lowest BCUT2D eigenvalue weighted by molar-refractivity contribution is -0.137. The van der Waals surface area contributed by atoms with Crippen molar-refractivity contribution in [3.05, 3.63) is 78.0 Å². The number of ether oxygens (including phenoxy) is 1. The van der Waals surface area contributed by atoms with Crippen LogP contribution in [0.4, 0.5) is 13.2 Å². The van der Waals surface area contributed by atoms with Crippen molar-refractivity contribution in [2.45, 2.75) is 26.6 Å². The van der Waals surface area contributed by atoms with Gasteiger partial charge in [-0.3, -0.25) is 4.79 Å². The predicted molar refractivity (Wildman–Crippen MR) is 115 cm³/mol. The van der Waals surface area contributed by atoms with Gasteiger partial charge in [0.15, 0.2) is 0 Å². The molecule has 0 saturated carbocycles. The zero-order valence-corrected chi connectivity index (χ0v) is 17.5. The molecule has 0 radical (unpaired) electrons. The molecule has 1 N–H and O–H groups in total. The highest BCUT2D eigenvalue weighted by Crippen LogP contribution is 2.32. The number of fused-ring (bicyclic) bond motifs is 1. The van der Waals surface area contributed by atoms with Gasteiger partial charge in [-0.2, -0.15) is 13.2 Å². The summed E-state index contributed by atoms with van der Waals surface area (Å²) in [5.74, 6) is 0.557. The van der Waals surface area contributed by atoms with Gasteiger partial charge in [0.2, 0.25) is 0 Å². The average molecular weight is 430 g/mol. The lowest BCUT2D eigenvalue weighted by atomic mass is 10.1. The summed E-state index contributed by atoms with van der Waals surface area (Å²) in [5, 5.41) is 3.60. The van der Waals surface area contributed by atoms with Crippen molar-refractivity contribution in [2.24, 2.45) is 5.92 Å². The number of hydrogen-bond donors (Lipinski definition) is 1. The van der Waals surface area contributed by atoms with E-state index in [1.807, 2.05) is 19.9 Å². The SMILES string of the molecule is C=CCOc1cccc2c1cc(C(=O)NCC(C)C)n2Cc1cccc(C(F)(F)F)c1. The van der Waals surface area contributed by atoms with E-state index in [0.29, 0.717) is 41.1 Å². The highest BCUT2D eigenvalue weighted by Gasteiger charge is 2.30. The van der Waals surface area contributed by atoms with Crippen LogP contribution in [0.5, 0.6) is 5.75 Å². The summed E-state index contributed by atoms with van der Waals surface area (Å²) in [6.07, 6.45) is -2.81. The number of aromatic nitrogens is 1. The van der Waals surface area contributed by atoms with E-state index >= 15 is 0 Å². The molecule has 0 unspecified atom stereocenters. The monoisotopic (exact) mass is 430 g/mol. The second-order valence-corrected chi connectivity index (χ2v) is 7.71. The van der Waals surface area contributed by atoms with Gasteiger partial charge < -0.3 is 14.6 Å². The molecule has 1 amide bonds. The van der Waals surface area contributed by atoms with Crippen molar-refractivity contribution in [1.29, 1.82) is 0 Å². The fraction of sp³-hybridized carbons (Fsp3) is 0.292. The summed E-state index contributed by atoms with van der Waals surface area (Å²) < 4.78 is 46.9. The number of nitrogens with one attached hydrogen (secondary N) is 1. The second-order valence-electron chi connectivity index (χ2n) is 7.71. The van der Waals surface area contributed by atoms with E-state index in [1.165, 1.54) is 6.07 Å². The minimum absolute atomic E-state index is 0.114. The number of amides is 1. The summed E-state index contributed by atoms with van der Waals surface area (Å²) >= 11 is 0. The quantitative estimate of drug-likeness (QED) is 0.469. The number of nitrogens with zero attached hydrogens (tertiary/aromatic N) is 1. The fourth-order valence-electron chi connectivity index (χ4n) is 3.31. The normalized spacial score (nSPS) is 11.7. The van der Waals surface area contributed by atoms with Gasteiger partial charge in [-0.15, -0.1) is 0 Å². The van der Waals surface area contributed by atoms with Crippen LogP contribution in [0.2, 0.25) is 0 Å². The average Bonchev–Trinajstić information content (AvgIpc) is 3.09. The number of alkyl halides is 3. The van der Waals surface area contributed by atoms with E-state index in [4.69, 9.17) is 4.74 Å². The lowest BCUT2D eigenvalue weighted by Crippen LogP contribution is -2.29. The van der Waals surface area contributed by atoms with Gasteiger partial charge in [0.25, 0.3) is 5.91 Å². The van der Waals surface area contributed by atoms with Crippen molar-refractivity contribution >= 4 is 16.8 Å². The molecule has 0 aliphatic heterocycles. The third kappa shape index (κ3) is 5.29. The number of carbonyl (C=O) groups excluding carboxylic acids is 1. The first kappa shape index (κ1) is 22.5. The van der Waals surface area contributed by atoms with Crippen LogP contribution >= 0.6 is 0 Å². The maximum atomic E-state index is 13.2. The molecule has 0 bridgehead atoms. The third-order valence-electron chi connectivity index (χ3n) is 4.76. The second kappa shape index (κ2) is 9.29. The highest BCUT2D eigenvalue weighted by molar-refractivity contribution is 6.00. The fourth-order valence-corrected chi connectivity index (χ4v) is 3.31. The molecule has 4 nitrogen and oxygen atoms in total. The molecule has 1 aromatic heterocycles. The molecule has 0 fully saturated rings. The van der Waals surface area contributed by atoms with Crippen LogP contribution < -0.4 is 10.1 Å². The van der Waals surface area contributed by atoms with Gasteiger partial charge in [-0.1, -0.05) is 44.7 Å². The van der Waals surface area contributed by atoms with E-state index in [2.05, 4.69) is 11.9 Å². The molecule has 3 aromatic rings. The molecule has 164 valence electrons. The van der Waals surface area contributed by atoms with Gasteiger partial charge in [0.1, 0.15) is 18.1 Å². The summed E-state index contributed by atoms with van der Waals surface area (Å²) in [7, 11) is 0. The molecule has 7 heteroatoms. The van der Waals surface area contributed by atoms with E-state index in [9.17, 15) is 18.0 Å². The first-order valence-corrected chi connectivity index (χ1v) is 10.0. The summed E-state index contributed by atoms with van der Waals surface area (Å²) in [5.41, 5.74) is 0.793. The Morgan fingerprint density at radius 1 is 1.19 bits per heavy atom. The smallest absolute Gasteiger partial charge is 0.416 e. The lowest BCUT2D eigenvalue weighted by Gasteiger charge is -2.14. The number of carbonyl (C=O) groups is 1. The van der Waals surface area contributed by atoms with Crippen LogP contribution in [-0.2, 0) is 12.7 Å². The molecule has 0 saturated heterocycles. The Kier molecular flexibility index (Phi) is 6.73. The third-order valence-corrected chi connectivity index (χ3v) is 4.76. The van der Waals surface area contributed by atoms with Crippen LogP contribution in [0.25, 0.3) is 10.9 Å². The predicted octanol–water partition coefficient (Wildman–Crippen LogP) is 5.66. The van der Waals surface area contributed by atoms with Crippen LogP contribution in [0, 0.1) is 5.92 Å². The molecule has 0 aliphatic carbocycles. The Labute approximate surface area is 179 Å². The van der Waals surface area contributed by atoms with Crippen molar-refractivity contribution in [3.8, 4) is 5.75 Å². The number of hydrogen-bond acceptors (Lipinski definition) is 2. The Hall–Kier alpha value is -3.22. The number of rotatable bonds is 8. The van der Waals surface area contributed by atoms with Crippen molar-refractivity contribution in [3.63, 3.8) is 0 Å². The Balaban J connectivity index is 2.08. The summed E-state index contributed by atoms with van der Waals surface area (Å²) in [4.78, 5) is 12.9. The molecule has 1 heterocycles. The van der Waals surface area contributed by atoms with Crippen LogP contribution in [0.1, 0.15) is 35.5 Å². The molecular formula is C24H25F3N2O2. The standard InChI is InChI=1S/C24H25F3N2O2/c1-4-11-31-22-10-6-9-20-19(22)13-21(23(30)28-14-16(2)3)29(20)15-17-7-5-8-18(12-17)24(25,26)27/h4-10,12-13,16H,1,11,14-15H2,2-3H3,(H,28,30). The zero-order chi connectivity index (χ0) is 22.6. The highest BCUT2D eigenvalue weighted by atomic mass is 19.4. The maximum Gasteiger partial charge on any atom is 0.416 e. The number of benzene rings is 2. The molecule has 31 heavy (non-hydrogen) atoms. The van der Waals surface area contributed by atoms with Crippen LogP contribution in [-0.4, -0.2) is 23.6 Å². The van der Waals surface area contributed by atoms with E-state index < -0.39 is 11.7 Å². The van der Waals surface area contributed by atoms with Gasteiger partial charge in [0.05, 0.1) is 11.1 Å². The Morgan fingerprint density at radius 2 is 1.94 bits per heavy atom. The first-order chi connectivity index (χ1) is 14.7. The van der Waals surface area contributed by atoms with Gasteiger partial charge in [0, 0.05) is 18.5 Å². The van der Waals surface area contributed by atoms with Gasteiger partial charge >= 0.3 is 6.18 Å². The molecule has 3 rings (SSSR count). The molecule has 0 spiro atoms. The van der Waals surface area contributed by atoms with Crippen LogP contribution in [0.15, 0.2) is 61.2 Å².